The Morgan fingerprint density at radius 2 is 1.52 bits per heavy atom. The summed E-state index contributed by atoms with van der Waals surface area (Å²) in [5, 5.41) is 11.5. The van der Waals surface area contributed by atoms with Crippen LogP contribution in [0, 0.1) is 0 Å². The minimum absolute atomic E-state index is 0.211. The van der Waals surface area contributed by atoms with Crippen molar-refractivity contribution in [1.29, 1.82) is 0 Å². The van der Waals surface area contributed by atoms with E-state index in [1.807, 2.05) is 12.1 Å². The molecule has 0 aliphatic rings. The molecule has 2 aromatic heterocycles. The second-order valence-electron chi connectivity index (χ2n) is 3.32. The maximum absolute atomic E-state index is 8.57. The van der Waals surface area contributed by atoms with Crippen LogP contribution < -0.4 is 4.74 Å². The lowest BCUT2D eigenvalue weighted by molar-refractivity contribution is 0.343. The summed E-state index contributed by atoms with van der Waals surface area (Å²) in [4.78, 5) is 7.53. The lowest BCUT2D eigenvalue weighted by atomic mass is 10.5. The molecule has 2 rings (SSSR count). The number of aromatic hydroxyl groups is 1. The number of nitrogens with zero attached hydrogens (tertiary/aromatic N) is 2. The first-order valence-corrected chi connectivity index (χ1v) is 9.40. The molecular formula is C14H17Br3N2O2. The van der Waals surface area contributed by atoms with Crippen molar-refractivity contribution < 1.29 is 9.84 Å². The highest BCUT2D eigenvalue weighted by Gasteiger charge is 1.88. The summed E-state index contributed by atoms with van der Waals surface area (Å²) < 4.78 is 5.25. The van der Waals surface area contributed by atoms with Gasteiger partial charge in [0.05, 0.1) is 19.0 Å². The van der Waals surface area contributed by atoms with Gasteiger partial charge in [0.15, 0.2) is 0 Å². The Labute approximate surface area is 150 Å². The van der Waals surface area contributed by atoms with E-state index in [0.29, 0.717) is 6.61 Å². The molecule has 2 heterocycles. The van der Waals surface area contributed by atoms with E-state index in [4.69, 9.17) is 9.84 Å². The van der Waals surface area contributed by atoms with Gasteiger partial charge in [-0.15, -0.1) is 0 Å². The van der Waals surface area contributed by atoms with Crippen molar-refractivity contribution in [3.05, 3.63) is 49.1 Å². The van der Waals surface area contributed by atoms with Gasteiger partial charge < -0.3 is 9.84 Å². The van der Waals surface area contributed by atoms with Crippen LogP contribution in [0.2, 0.25) is 0 Å². The molecule has 0 saturated carbocycles. The number of hydrogen-bond donors (Lipinski definition) is 1. The lowest BCUT2D eigenvalue weighted by Crippen LogP contribution is -1.97. The molecule has 0 fully saturated rings. The Balaban J connectivity index is 0.000000317. The van der Waals surface area contributed by atoms with Crippen molar-refractivity contribution in [2.24, 2.45) is 0 Å². The quantitative estimate of drug-likeness (QED) is 0.653. The first-order chi connectivity index (χ1) is 10.2. The van der Waals surface area contributed by atoms with E-state index in [2.05, 4.69) is 57.8 Å². The molecule has 0 spiro atoms. The molecule has 0 aromatic carbocycles. The van der Waals surface area contributed by atoms with Crippen molar-refractivity contribution in [3.63, 3.8) is 0 Å². The third kappa shape index (κ3) is 14.1. The van der Waals surface area contributed by atoms with Crippen LogP contribution >= 0.6 is 47.8 Å². The number of alkyl halides is 3. The van der Waals surface area contributed by atoms with Gasteiger partial charge in [-0.3, -0.25) is 9.97 Å². The molecule has 0 atom stereocenters. The van der Waals surface area contributed by atoms with Crippen LogP contribution in [0.5, 0.6) is 11.5 Å². The third-order valence-electron chi connectivity index (χ3n) is 1.70. The van der Waals surface area contributed by atoms with Crippen LogP contribution in [0.3, 0.4) is 0 Å². The van der Waals surface area contributed by atoms with Crippen molar-refractivity contribution in [3.8, 4) is 11.5 Å². The summed E-state index contributed by atoms with van der Waals surface area (Å²) in [5.74, 6) is 1.03. The zero-order valence-corrected chi connectivity index (χ0v) is 16.1. The van der Waals surface area contributed by atoms with Gasteiger partial charge in [-0.05, 0) is 24.3 Å². The molecule has 4 nitrogen and oxygen atoms in total. The zero-order chi connectivity index (χ0) is 15.8. The van der Waals surface area contributed by atoms with E-state index < -0.39 is 0 Å². The first kappa shape index (κ1) is 20.3. The summed E-state index contributed by atoms with van der Waals surface area (Å²) in [5.41, 5.74) is 0. The molecule has 116 valence electrons. The summed E-state index contributed by atoms with van der Waals surface area (Å²) in [6.07, 6.45) is 6.42. The van der Waals surface area contributed by atoms with Crippen LogP contribution in [-0.4, -0.2) is 37.7 Å². The van der Waals surface area contributed by atoms with Crippen molar-refractivity contribution in [1.82, 2.24) is 9.97 Å². The van der Waals surface area contributed by atoms with Gasteiger partial charge in [0.1, 0.15) is 11.5 Å². The maximum atomic E-state index is 8.57. The van der Waals surface area contributed by atoms with Gasteiger partial charge in [-0.25, -0.2) is 0 Å². The van der Waals surface area contributed by atoms with E-state index in [-0.39, 0.29) is 5.75 Å². The Bertz CT molecular complexity index is 431. The topological polar surface area (TPSA) is 55.2 Å². The molecule has 0 amide bonds. The number of aromatic nitrogens is 2. The molecule has 1 N–H and O–H groups in total. The van der Waals surface area contributed by atoms with Crippen molar-refractivity contribution in [2.75, 3.05) is 22.6 Å². The number of pyridine rings is 2. The van der Waals surface area contributed by atoms with Gasteiger partial charge in [0.2, 0.25) is 0 Å². The van der Waals surface area contributed by atoms with E-state index in [1.54, 1.807) is 30.7 Å². The highest BCUT2D eigenvalue weighted by atomic mass is 79.9. The molecular weight excluding hydrogens is 468 g/mol. The summed E-state index contributed by atoms with van der Waals surface area (Å²) in [6, 6.07) is 6.99. The zero-order valence-electron chi connectivity index (χ0n) is 11.3. The van der Waals surface area contributed by atoms with Crippen LogP contribution in [0.4, 0.5) is 0 Å². The predicted octanol–water partition coefficient (Wildman–Crippen LogP) is 4.42. The molecule has 0 aliphatic heterocycles. The number of hydrogen-bond acceptors (Lipinski definition) is 4. The Morgan fingerprint density at radius 1 is 0.905 bits per heavy atom. The fourth-order valence-electron chi connectivity index (χ4n) is 0.943. The highest BCUT2D eigenvalue weighted by Crippen LogP contribution is 2.05. The highest BCUT2D eigenvalue weighted by molar-refractivity contribution is 9.12. The maximum Gasteiger partial charge on any atom is 0.137 e. The normalized spacial score (nSPS) is 8.71. The van der Waals surface area contributed by atoms with Gasteiger partial charge in [0, 0.05) is 28.4 Å². The molecule has 0 unspecified atom stereocenters. The summed E-state index contributed by atoms with van der Waals surface area (Å²) >= 11 is 9.66. The second kappa shape index (κ2) is 15.7. The van der Waals surface area contributed by atoms with E-state index in [1.165, 1.54) is 6.20 Å². The first-order valence-electron chi connectivity index (χ1n) is 6.04. The number of rotatable bonds is 4. The smallest absolute Gasteiger partial charge is 0.137 e. The monoisotopic (exact) mass is 482 g/mol. The standard InChI is InChI=1S/C7H8BrNO.C5H5NO.C2H4Br2/c8-3-5-10-7-2-1-4-9-6-7;7-5-2-1-3-6-4-5;3-1-2-4/h1-2,4,6H,3,5H2;1-4,7H;1-2H2. The summed E-state index contributed by atoms with van der Waals surface area (Å²) in [6.45, 7) is 0.686. The van der Waals surface area contributed by atoms with Gasteiger partial charge in [-0.1, -0.05) is 47.8 Å². The number of ether oxygens (including phenoxy) is 1. The van der Waals surface area contributed by atoms with Gasteiger partial charge in [0.25, 0.3) is 0 Å². The molecule has 21 heavy (non-hydrogen) atoms. The Kier molecular flexibility index (Phi) is 15.2. The largest absolute Gasteiger partial charge is 0.506 e. The fraction of sp³-hybridized carbons (Fsp3) is 0.286. The molecule has 0 saturated heterocycles. The Morgan fingerprint density at radius 3 is 1.86 bits per heavy atom. The SMILES string of the molecule is BrCCBr.BrCCOc1cccnc1.Oc1cccnc1. The minimum atomic E-state index is 0.211. The molecule has 0 radical (unpaired) electrons. The average Bonchev–Trinajstić information content (AvgIpc) is 2.55. The molecule has 7 heteroatoms. The van der Waals surface area contributed by atoms with Gasteiger partial charge in [-0.2, -0.15) is 0 Å². The van der Waals surface area contributed by atoms with Crippen molar-refractivity contribution >= 4 is 47.8 Å². The van der Waals surface area contributed by atoms with E-state index in [0.717, 1.165) is 21.7 Å². The fourth-order valence-corrected chi connectivity index (χ4v) is 1.10. The van der Waals surface area contributed by atoms with Gasteiger partial charge >= 0.3 is 0 Å². The van der Waals surface area contributed by atoms with Crippen LogP contribution in [-0.2, 0) is 0 Å². The van der Waals surface area contributed by atoms with Crippen LogP contribution in [0.1, 0.15) is 0 Å². The second-order valence-corrected chi connectivity index (χ2v) is 5.69. The lowest BCUT2D eigenvalue weighted by Gasteiger charge is -2.00. The average molecular weight is 485 g/mol. The predicted molar refractivity (Wildman–Crippen MR) is 97.0 cm³/mol. The third-order valence-corrected chi connectivity index (χ3v) is 3.88. The minimum Gasteiger partial charge on any atom is -0.506 e. The molecule has 0 aliphatic carbocycles. The summed E-state index contributed by atoms with van der Waals surface area (Å²) in [7, 11) is 0. The van der Waals surface area contributed by atoms with Crippen LogP contribution in [0.15, 0.2) is 49.1 Å². The van der Waals surface area contributed by atoms with E-state index >= 15 is 0 Å². The van der Waals surface area contributed by atoms with Crippen molar-refractivity contribution in [2.45, 2.75) is 0 Å². The van der Waals surface area contributed by atoms with Crippen LogP contribution in [0.25, 0.3) is 0 Å². The molecule has 2 aromatic rings. The van der Waals surface area contributed by atoms with E-state index in [9.17, 15) is 0 Å². The number of halogens is 3. The Hall–Kier alpha value is -0.660. The molecule has 0 bridgehead atoms.